The van der Waals surface area contributed by atoms with Crippen LogP contribution in [-0.4, -0.2) is 32.5 Å². The molecule has 1 fully saturated rings. The highest BCUT2D eigenvalue weighted by Crippen LogP contribution is 2.27. The number of rotatable bonds is 8. The smallest absolute Gasteiger partial charge is 0.258 e. The zero-order chi connectivity index (χ0) is 23.9. The van der Waals surface area contributed by atoms with Gasteiger partial charge in [-0.15, -0.1) is 0 Å². The van der Waals surface area contributed by atoms with E-state index in [0.717, 1.165) is 36.8 Å². The van der Waals surface area contributed by atoms with Gasteiger partial charge in [-0.25, -0.2) is 0 Å². The van der Waals surface area contributed by atoms with Crippen molar-refractivity contribution in [1.29, 1.82) is 0 Å². The minimum absolute atomic E-state index is 0.126. The number of nitrogens with one attached hydrogen (secondary N) is 1. The van der Waals surface area contributed by atoms with Crippen LogP contribution in [0.2, 0.25) is 0 Å². The number of hydrogen-bond acceptors (Lipinski definition) is 3. The van der Waals surface area contributed by atoms with Crippen molar-refractivity contribution in [3.05, 3.63) is 89.7 Å². The van der Waals surface area contributed by atoms with Crippen molar-refractivity contribution >= 4 is 11.8 Å². The van der Waals surface area contributed by atoms with E-state index in [-0.39, 0.29) is 23.9 Å². The third-order valence-corrected chi connectivity index (χ3v) is 6.46. The van der Waals surface area contributed by atoms with E-state index in [4.69, 9.17) is 0 Å². The molecule has 1 saturated carbocycles. The maximum Gasteiger partial charge on any atom is 0.258 e. The second-order valence-electron chi connectivity index (χ2n) is 9.38. The van der Waals surface area contributed by atoms with E-state index in [1.54, 1.807) is 22.0 Å². The molecule has 1 atom stereocenters. The number of nitrogens with zero attached hydrogens (tertiary/aromatic N) is 3. The molecule has 1 aliphatic rings. The Kier molecular flexibility index (Phi) is 7.78. The molecule has 0 radical (unpaired) electrons. The number of hydrogen-bond donors (Lipinski definition) is 1. The summed E-state index contributed by atoms with van der Waals surface area (Å²) < 4.78 is 1.77. The highest BCUT2D eigenvalue weighted by atomic mass is 16.2. The Balaban J connectivity index is 1.71. The van der Waals surface area contributed by atoms with Gasteiger partial charge in [0.15, 0.2) is 0 Å². The molecule has 0 aliphatic heterocycles. The summed E-state index contributed by atoms with van der Waals surface area (Å²) in [6.07, 6.45) is 8.81. The molecule has 0 bridgehead atoms. The summed E-state index contributed by atoms with van der Waals surface area (Å²) in [6, 6.07) is 19.0. The van der Waals surface area contributed by atoms with Crippen molar-refractivity contribution in [3.8, 4) is 0 Å². The summed E-state index contributed by atoms with van der Waals surface area (Å²) in [7, 11) is 0. The highest BCUT2D eigenvalue weighted by molar-refractivity contribution is 5.97. The van der Waals surface area contributed by atoms with Crippen molar-refractivity contribution in [1.82, 2.24) is 20.0 Å². The molecule has 0 spiro atoms. The fraction of sp³-hybridized carbons (Fsp3) is 0.393. The quantitative estimate of drug-likeness (QED) is 0.498. The first kappa shape index (κ1) is 23.7. The lowest BCUT2D eigenvalue weighted by atomic mass is 9.94. The fourth-order valence-corrected chi connectivity index (χ4v) is 4.59. The summed E-state index contributed by atoms with van der Waals surface area (Å²) in [5.41, 5.74) is 2.26. The molecule has 3 aromatic rings. The third-order valence-electron chi connectivity index (χ3n) is 6.46. The second kappa shape index (κ2) is 11.1. The zero-order valence-electron chi connectivity index (χ0n) is 20.1. The van der Waals surface area contributed by atoms with E-state index in [1.807, 2.05) is 74.5 Å². The maximum absolute atomic E-state index is 13.9. The Hall–Kier alpha value is -3.41. The molecule has 2 aromatic carbocycles. The highest BCUT2D eigenvalue weighted by Gasteiger charge is 2.34. The molecule has 1 aliphatic carbocycles. The van der Waals surface area contributed by atoms with Crippen LogP contribution in [0.4, 0.5) is 0 Å². The molecule has 0 saturated heterocycles. The van der Waals surface area contributed by atoms with Crippen LogP contribution in [0.3, 0.4) is 0 Å². The lowest BCUT2D eigenvalue weighted by molar-refractivity contribution is -0.127. The van der Waals surface area contributed by atoms with Crippen LogP contribution in [0.5, 0.6) is 0 Å². The molecule has 1 aromatic heterocycles. The number of amides is 2. The van der Waals surface area contributed by atoms with Gasteiger partial charge in [-0.05, 0) is 37.8 Å². The first-order chi connectivity index (χ1) is 16.5. The van der Waals surface area contributed by atoms with Crippen LogP contribution in [0.15, 0.2) is 73.1 Å². The van der Waals surface area contributed by atoms with Crippen LogP contribution in [0, 0.1) is 0 Å². The first-order valence-corrected chi connectivity index (χ1v) is 12.3. The Morgan fingerprint density at radius 1 is 1.00 bits per heavy atom. The predicted octanol–water partition coefficient (Wildman–Crippen LogP) is 5.30. The van der Waals surface area contributed by atoms with Crippen LogP contribution in [0.1, 0.15) is 79.5 Å². The Labute approximate surface area is 202 Å². The van der Waals surface area contributed by atoms with Crippen LogP contribution < -0.4 is 5.32 Å². The van der Waals surface area contributed by atoms with E-state index in [0.29, 0.717) is 12.1 Å². The van der Waals surface area contributed by atoms with E-state index in [2.05, 4.69) is 10.4 Å². The lowest BCUT2D eigenvalue weighted by Crippen LogP contribution is -2.46. The van der Waals surface area contributed by atoms with Crippen molar-refractivity contribution in [3.63, 3.8) is 0 Å². The van der Waals surface area contributed by atoms with Gasteiger partial charge in [0.1, 0.15) is 6.04 Å². The minimum Gasteiger partial charge on any atom is -0.351 e. The van der Waals surface area contributed by atoms with Gasteiger partial charge in [0.25, 0.3) is 5.91 Å². The Morgan fingerprint density at radius 2 is 1.65 bits per heavy atom. The van der Waals surface area contributed by atoms with E-state index >= 15 is 0 Å². The second-order valence-corrected chi connectivity index (χ2v) is 9.38. The van der Waals surface area contributed by atoms with Crippen molar-refractivity contribution in [2.75, 3.05) is 0 Å². The molecule has 1 N–H and O–H groups in total. The molecule has 178 valence electrons. The number of benzene rings is 2. The maximum atomic E-state index is 13.9. The fourth-order valence-electron chi connectivity index (χ4n) is 4.59. The van der Waals surface area contributed by atoms with Gasteiger partial charge in [0, 0.05) is 24.8 Å². The van der Waals surface area contributed by atoms with E-state index in [9.17, 15) is 9.59 Å². The normalized spacial score (nSPS) is 15.1. The molecule has 34 heavy (non-hydrogen) atoms. The summed E-state index contributed by atoms with van der Waals surface area (Å²) in [6.45, 7) is 4.37. The van der Waals surface area contributed by atoms with Gasteiger partial charge in [-0.3, -0.25) is 14.3 Å². The lowest BCUT2D eigenvalue weighted by Gasteiger charge is -2.33. The van der Waals surface area contributed by atoms with Crippen LogP contribution >= 0.6 is 0 Å². The van der Waals surface area contributed by atoms with Crippen molar-refractivity contribution < 1.29 is 9.59 Å². The molecule has 1 heterocycles. The van der Waals surface area contributed by atoms with Gasteiger partial charge >= 0.3 is 0 Å². The molecule has 6 nitrogen and oxygen atoms in total. The third kappa shape index (κ3) is 5.74. The SMILES string of the molecule is CC(C)n1cc(C(=O)N(Cc2ccccc2)C(C(=O)NC2CCCCC2)c2ccccc2)cn1. The predicted molar refractivity (Wildman–Crippen MR) is 133 cm³/mol. The first-order valence-electron chi connectivity index (χ1n) is 12.3. The van der Waals surface area contributed by atoms with E-state index < -0.39 is 6.04 Å². The van der Waals surface area contributed by atoms with Crippen LogP contribution in [0.25, 0.3) is 0 Å². The minimum atomic E-state index is -0.738. The summed E-state index contributed by atoms with van der Waals surface area (Å²) in [4.78, 5) is 29.3. The summed E-state index contributed by atoms with van der Waals surface area (Å²) in [5, 5.41) is 7.63. The number of carbonyl (C=O) groups excluding carboxylic acids is 2. The average molecular weight is 459 g/mol. The Morgan fingerprint density at radius 3 is 2.26 bits per heavy atom. The Bertz CT molecular complexity index is 1070. The zero-order valence-corrected chi connectivity index (χ0v) is 20.1. The summed E-state index contributed by atoms with van der Waals surface area (Å²) >= 11 is 0. The van der Waals surface area contributed by atoms with Gasteiger partial charge in [-0.1, -0.05) is 79.9 Å². The standard InChI is InChI=1S/C28H34N4O2/c1-21(2)32-20-24(18-29-32)28(34)31(19-22-12-6-3-7-13-22)26(23-14-8-4-9-15-23)27(33)30-25-16-10-5-11-17-25/h3-4,6-9,12-15,18,20-21,25-26H,5,10-11,16-17,19H2,1-2H3,(H,30,33). The topological polar surface area (TPSA) is 67.2 Å². The largest absolute Gasteiger partial charge is 0.351 e. The molecule has 2 amide bonds. The van der Waals surface area contributed by atoms with Gasteiger partial charge in [0.2, 0.25) is 5.91 Å². The number of carbonyl (C=O) groups is 2. The summed E-state index contributed by atoms with van der Waals surface area (Å²) in [5.74, 6) is -0.331. The van der Waals surface area contributed by atoms with Gasteiger partial charge in [0.05, 0.1) is 11.8 Å². The molecular weight excluding hydrogens is 424 g/mol. The molecule has 6 heteroatoms. The van der Waals surface area contributed by atoms with Gasteiger partial charge in [-0.2, -0.15) is 5.10 Å². The molecular formula is C28H34N4O2. The van der Waals surface area contributed by atoms with Crippen molar-refractivity contribution in [2.45, 2.75) is 70.6 Å². The number of aromatic nitrogens is 2. The molecule has 1 unspecified atom stereocenters. The monoisotopic (exact) mass is 458 g/mol. The average Bonchev–Trinajstić information content (AvgIpc) is 3.36. The van der Waals surface area contributed by atoms with Crippen molar-refractivity contribution in [2.24, 2.45) is 0 Å². The molecule has 4 rings (SSSR count). The van der Waals surface area contributed by atoms with Crippen LogP contribution in [-0.2, 0) is 11.3 Å². The van der Waals surface area contributed by atoms with Gasteiger partial charge < -0.3 is 10.2 Å². The van der Waals surface area contributed by atoms with E-state index in [1.165, 1.54) is 6.42 Å².